The van der Waals surface area contributed by atoms with Crippen LogP contribution in [0, 0.1) is 25.2 Å². The number of aromatic nitrogens is 1. The van der Waals surface area contributed by atoms with E-state index < -0.39 is 11.5 Å². The Bertz CT molecular complexity index is 1300. The summed E-state index contributed by atoms with van der Waals surface area (Å²) in [7, 11) is 0. The van der Waals surface area contributed by atoms with E-state index in [1.165, 1.54) is 4.57 Å². The number of amides is 2. The van der Waals surface area contributed by atoms with Gasteiger partial charge < -0.3 is 19.9 Å². The molecular formula is C26H26N4O4. The Morgan fingerprint density at radius 2 is 1.82 bits per heavy atom. The van der Waals surface area contributed by atoms with Crippen molar-refractivity contribution in [1.82, 2.24) is 9.88 Å². The summed E-state index contributed by atoms with van der Waals surface area (Å²) in [6.07, 6.45) is 0. The van der Waals surface area contributed by atoms with Gasteiger partial charge >= 0.3 is 0 Å². The first-order valence-corrected chi connectivity index (χ1v) is 10.8. The molecule has 3 rings (SSSR count). The summed E-state index contributed by atoms with van der Waals surface area (Å²) in [5, 5.41) is 14.8. The molecule has 0 bridgehead atoms. The lowest BCUT2D eigenvalue weighted by Gasteiger charge is -2.12. The smallest absolute Gasteiger partial charge is 0.269 e. The second-order valence-electron chi connectivity index (χ2n) is 7.74. The zero-order valence-corrected chi connectivity index (χ0v) is 19.3. The van der Waals surface area contributed by atoms with E-state index in [0.29, 0.717) is 35.7 Å². The summed E-state index contributed by atoms with van der Waals surface area (Å²) in [6.45, 7) is 6.02. The molecule has 0 fully saturated rings. The quantitative estimate of drug-likeness (QED) is 0.538. The van der Waals surface area contributed by atoms with Crippen LogP contribution in [0.5, 0.6) is 5.75 Å². The third kappa shape index (κ3) is 5.90. The number of pyridine rings is 1. The first-order chi connectivity index (χ1) is 16.3. The molecule has 2 aromatic carbocycles. The van der Waals surface area contributed by atoms with Crippen LogP contribution in [-0.2, 0) is 17.9 Å². The largest absolute Gasteiger partial charge is 0.494 e. The number of hydrogen-bond donors (Lipinski definition) is 2. The molecule has 0 aliphatic heterocycles. The van der Waals surface area contributed by atoms with E-state index >= 15 is 0 Å². The zero-order chi connectivity index (χ0) is 24.7. The van der Waals surface area contributed by atoms with Gasteiger partial charge in [-0.25, -0.2) is 0 Å². The minimum Gasteiger partial charge on any atom is -0.494 e. The first kappa shape index (κ1) is 24.3. The summed E-state index contributed by atoms with van der Waals surface area (Å²) in [4.78, 5) is 37.4. The molecule has 2 amide bonds. The van der Waals surface area contributed by atoms with E-state index in [-0.39, 0.29) is 18.0 Å². The highest BCUT2D eigenvalue weighted by Crippen LogP contribution is 2.14. The number of nitrogens with zero attached hydrogens (tertiary/aromatic N) is 2. The van der Waals surface area contributed by atoms with Gasteiger partial charge in [-0.1, -0.05) is 12.1 Å². The molecule has 2 N–H and O–H groups in total. The van der Waals surface area contributed by atoms with Crippen LogP contribution in [0.2, 0.25) is 0 Å². The fourth-order valence-electron chi connectivity index (χ4n) is 3.51. The summed E-state index contributed by atoms with van der Waals surface area (Å²) in [6, 6.07) is 17.6. The number of hydrogen-bond acceptors (Lipinski definition) is 5. The number of benzene rings is 2. The SMILES string of the molecule is CCOc1cccc(CNC(=O)c2ccc(NC(=O)Cn3c(C)cc(C)c(C#N)c3=O)cc2)c1. The molecule has 1 heterocycles. The highest BCUT2D eigenvalue weighted by Gasteiger charge is 2.13. The molecule has 0 saturated heterocycles. The highest BCUT2D eigenvalue weighted by atomic mass is 16.5. The zero-order valence-electron chi connectivity index (χ0n) is 19.3. The molecule has 1 aromatic heterocycles. The van der Waals surface area contributed by atoms with Gasteiger partial charge in [0, 0.05) is 23.5 Å². The Labute approximate surface area is 197 Å². The third-order valence-electron chi connectivity index (χ3n) is 5.21. The van der Waals surface area contributed by atoms with Gasteiger partial charge in [0.05, 0.1) is 6.61 Å². The Balaban J connectivity index is 1.60. The van der Waals surface area contributed by atoms with Gasteiger partial charge in [0.15, 0.2) is 0 Å². The van der Waals surface area contributed by atoms with Crippen LogP contribution in [0.4, 0.5) is 5.69 Å². The molecule has 0 atom stereocenters. The number of carbonyl (C=O) groups excluding carboxylic acids is 2. The maximum atomic E-state index is 12.5. The summed E-state index contributed by atoms with van der Waals surface area (Å²) < 4.78 is 6.74. The van der Waals surface area contributed by atoms with Crippen LogP contribution in [0.1, 0.15) is 39.7 Å². The molecule has 174 valence electrons. The molecule has 0 aliphatic carbocycles. The van der Waals surface area contributed by atoms with Crippen molar-refractivity contribution in [3.05, 3.63) is 92.9 Å². The molecule has 34 heavy (non-hydrogen) atoms. The van der Waals surface area contributed by atoms with Crippen LogP contribution in [0.3, 0.4) is 0 Å². The predicted molar refractivity (Wildman–Crippen MR) is 129 cm³/mol. The third-order valence-corrected chi connectivity index (χ3v) is 5.21. The Kier molecular flexibility index (Phi) is 7.83. The highest BCUT2D eigenvalue weighted by molar-refractivity contribution is 5.95. The molecule has 0 spiro atoms. The van der Waals surface area contributed by atoms with E-state index in [4.69, 9.17) is 4.74 Å². The Morgan fingerprint density at radius 3 is 2.50 bits per heavy atom. The van der Waals surface area contributed by atoms with E-state index in [1.54, 1.807) is 44.2 Å². The molecule has 0 radical (unpaired) electrons. The van der Waals surface area contributed by atoms with Crippen LogP contribution >= 0.6 is 0 Å². The number of rotatable bonds is 8. The van der Waals surface area contributed by atoms with E-state index in [1.807, 2.05) is 37.3 Å². The monoisotopic (exact) mass is 458 g/mol. The molecule has 8 nitrogen and oxygen atoms in total. The van der Waals surface area contributed by atoms with Crippen LogP contribution < -0.4 is 20.9 Å². The van der Waals surface area contributed by atoms with E-state index in [9.17, 15) is 19.6 Å². The average Bonchev–Trinajstić information content (AvgIpc) is 2.81. The van der Waals surface area contributed by atoms with Crippen molar-refractivity contribution in [2.75, 3.05) is 11.9 Å². The minimum absolute atomic E-state index is 0.0263. The van der Waals surface area contributed by atoms with Crippen molar-refractivity contribution >= 4 is 17.5 Å². The number of nitrogens with one attached hydrogen (secondary N) is 2. The number of ether oxygens (including phenoxy) is 1. The molecule has 8 heteroatoms. The number of carbonyl (C=O) groups is 2. The average molecular weight is 459 g/mol. The minimum atomic E-state index is -0.492. The van der Waals surface area contributed by atoms with Crippen molar-refractivity contribution in [3.63, 3.8) is 0 Å². The Morgan fingerprint density at radius 1 is 1.09 bits per heavy atom. The van der Waals surface area contributed by atoms with Gasteiger partial charge in [0.2, 0.25) is 5.91 Å². The summed E-state index contributed by atoms with van der Waals surface area (Å²) in [5.74, 6) is 0.0937. The van der Waals surface area contributed by atoms with Gasteiger partial charge in [0.1, 0.15) is 23.9 Å². The van der Waals surface area contributed by atoms with Crippen molar-refractivity contribution in [3.8, 4) is 11.8 Å². The lowest BCUT2D eigenvalue weighted by molar-refractivity contribution is -0.116. The van der Waals surface area contributed by atoms with Crippen LogP contribution in [-0.4, -0.2) is 23.0 Å². The molecule has 0 unspecified atom stereocenters. The van der Waals surface area contributed by atoms with Crippen LogP contribution in [0.25, 0.3) is 0 Å². The van der Waals surface area contributed by atoms with Gasteiger partial charge in [-0.05, 0) is 74.4 Å². The van der Waals surface area contributed by atoms with Crippen LogP contribution in [0.15, 0.2) is 59.4 Å². The van der Waals surface area contributed by atoms with E-state index in [2.05, 4.69) is 10.6 Å². The lowest BCUT2D eigenvalue weighted by atomic mass is 10.1. The second-order valence-corrected chi connectivity index (χ2v) is 7.74. The normalized spacial score (nSPS) is 10.3. The molecule has 0 saturated carbocycles. The number of aryl methyl sites for hydroxylation is 2. The van der Waals surface area contributed by atoms with Crippen molar-refractivity contribution < 1.29 is 14.3 Å². The van der Waals surface area contributed by atoms with Gasteiger partial charge in [-0.3, -0.25) is 14.4 Å². The van der Waals surface area contributed by atoms with Gasteiger partial charge in [0.25, 0.3) is 11.5 Å². The number of anilines is 1. The van der Waals surface area contributed by atoms with E-state index in [0.717, 1.165) is 11.3 Å². The fourth-order valence-corrected chi connectivity index (χ4v) is 3.51. The second kappa shape index (κ2) is 11.0. The van der Waals surface area contributed by atoms with Gasteiger partial charge in [-0.2, -0.15) is 5.26 Å². The topological polar surface area (TPSA) is 113 Å². The van der Waals surface area contributed by atoms with Crippen molar-refractivity contribution in [1.29, 1.82) is 5.26 Å². The summed E-state index contributed by atoms with van der Waals surface area (Å²) >= 11 is 0. The fraction of sp³-hybridized carbons (Fsp3) is 0.231. The maximum absolute atomic E-state index is 12.5. The molecule has 3 aromatic rings. The van der Waals surface area contributed by atoms with Crippen molar-refractivity contribution in [2.45, 2.75) is 33.9 Å². The Hall–Kier alpha value is -4.38. The van der Waals surface area contributed by atoms with Gasteiger partial charge in [-0.15, -0.1) is 0 Å². The maximum Gasteiger partial charge on any atom is 0.269 e. The lowest BCUT2D eigenvalue weighted by Crippen LogP contribution is -2.31. The molecule has 0 aliphatic rings. The number of nitriles is 1. The molecular weight excluding hydrogens is 432 g/mol. The predicted octanol–water partition coefficient (Wildman–Crippen LogP) is 3.30. The first-order valence-electron chi connectivity index (χ1n) is 10.8. The summed E-state index contributed by atoms with van der Waals surface area (Å²) in [5.41, 5.74) is 2.57. The standard InChI is InChI=1S/C26H26N4O4/c1-4-34-22-7-5-6-19(13-22)15-28-25(32)20-8-10-21(11-9-20)29-24(31)16-30-18(3)12-17(2)23(14-27)26(30)33/h5-13H,4,15-16H2,1-3H3,(H,28,32)(H,29,31). The van der Waals surface area contributed by atoms with Crippen molar-refractivity contribution in [2.24, 2.45) is 0 Å².